The highest BCUT2D eigenvalue weighted by molar-refractivity contribution is 7.99. The Labute approximate surface area is 127 Å². The fraction of sp³-hybridized carbons (Fsp3) is 0.267. The van der Waals surface area contributed by atoms with Gasteiger partial charge in [0.15, 0.2) is 11.0 Å². The zero-order valence-corrected chi connectivity index (χ0v) is 13.0. The second-order valence-corrected chi connectivity index (χ2v) is 6.00. The van der Waals surface area contributed by atoms with Crippen molar-refractivity contribution in [2.24, 2.45) is 0 Å². The molecule has 20 heavy (non-hydrogen) atoms. The molecule has 0 aliphatic carbocycles. The van der Waals surface area contributed by atoms with Crippen molar-refractivity contribution in [2.75, 3.05) is 12.3 Å². The number of aryl methyl sites for hydroxylation is 2. The molecule has 1 N–H and O–H groups in total. The Kier molecular flexibility index (Phi) is 5.15. The molecular weight excluding hydrogens is 294 g/mol. The zero-order valence-electron chi connectivity index (χ0n) is 11.4. The summed E-state index contributed by atoms with van der Waals surface area (Å²) < 4.78 is 5.04. The SMILES string of the molecule is Cc1ccc(SCCNC(=O)c2ccc(Cl)o2)cc1C. The molecule has 1 amide bonds. The number of hydrogen-bond acceptors (Lipinski definition) is 3. The molecule has 2 aromatic rings. The van der Waals surface area contributed by atoms with E-state index >= 15 is 0 Å². The average molecular weight is 310 g/mol. The fourth-order valence-corrected chi connectivity index (χ4v) is 2.67. The first-order valence-corrected chi connectivity index (χ1v) is 7.66. The van der Waals surface area contributed by atoms with Gasteiger partial charge in [-0.3, -0.25) is 4.79 Å². The molecule has 3 nitrogen and oxygen atoms in total. The Morgan fingerprint density at radius 1 is 1.25 bits per heavy atom. The lowest BCUT2D eigenvalue weighted by Gasteiger charge is -2.06. The maximum atomic E-state index is 11.7. The predicted molar refractivity (Wildman–Crippen MR) is 82.7 cm³/mol. The van der Waals surface area contributed by atoms with Gasteiger partial charge in [0, 0.05) is 17.2 Å². The van der Waals surface area contributed by atoms with Gasteiger partial charge in [-0.25, -0.2) is 0 Å². The third-order valence-corrected chi connectivity index (χ3v) is 4.13. The summed E-state index contributed by atoms with van der Waals surface area (Å²) in [7, 11) is 0. The summed E-state index contributed by atoms with van der Waals surface area (Å²) in [4.78, 5) is 12.9. The standard InChI is InChI=1S/C15H16ClNO2S/c1-10-3-4-12(9-11(10)2)20-8-7-17-15(18)13-5-6-14(16)19-13/h3-6,9H,7-8H2,1-2H3,(H,17,18). The average Bonchev–Trinajstić information content (AvgIpc) is 2.85. The minimum atomic E-state index is -0.238. The number of halogens is 1. The Morgan fingerprint density at radius 3 is 2.70 bits per heavy atom. The maximum Gasteiger partial charge on any atom is 0.287 e. The normalized spacial score (nSPS) is 10.6. The van der Waals surface area contributed by atoms with Crippen molar-refractivity contribution in [2.45, 2.75) is 18.7 Å². The second kappa shape index (κ2) is 6.86. The van der Waals surface area contributed by atoms with Gasteiger partial charge in [-0.2, -0.15) is 0 Å². The fourth-order valence-electron chi connectivity index (χ4n) is 1.66. The lowest BCUT2D eigenvalue weighted by molar-refractivity contribution is 0.0928. The van der Waals surface area contributed by atoms with Crippen LogP contribution in [0.1, 0.15) is 21.7 Å². The Hall–Kier alpha value is -1.39. The Morgan fingerprint density at radius 2 is 2.05 bits per heavy atom. The van der Waals surface area contributed by atoms with Crippen LogP contribution in [-0.4, -0.2) is 18.2 Å². The lowest BCUT2D eigenvalue weighted by Crippen LogP contribution is -2.25. The van der Waals surface area contributed by atoms with E-state index in [4.69, 9.17) is 16.0 Å². The summed E-state index contributed by atoms with van der Waals surface area (Å²) in [6, 6.07) is 9.49. The first kappa shape index (κ1) is 15.0. The minimum Gasteiger partial charge on any atom is -0.440 e. The third-order valence-electron chi connectivity index (χ3n) is 2.93. The smallest absolute Gasteiger partial charge is 0.287 e. The molecule has 106 valence electrons. The van der Waals surface area contributed by atoms with Gasteiger partial charge in [0.2, 0.25) is 0 Å². The molecule has 0 fully saturated rings. The van der Waals surface area contributed by atoms with E-state index in [-0.39, 0.29) is 16.9 Å². The Balaban J connectivity index is 1.76. The van der Waals surface area contributed by atoms with Crippen LogP contribution in [0, 0.1) is 13.8 Å². The van der Waals surface area contributed by atoms with E-state index in [0.717, 1.165) is 5.75 Å². The Bertz CT molecular complexity index is 610. The first-order chi connectivity index (χ1) is 9.56. The number of thioether (sulfide) groups is 1. The molecule has 0 radical (unpaired) electrons. The second-order valence-electron chi connectivity index (χ2n) is 4.45. The van der Waals surface area contributed by atoms with Crippen molar-refractivity contribution >= 4 is 29.3 Å². The van der Waals surface area contributed by atoms with Crippen molar-refractivity contribution in [3.63, 3.8) is 0 Å². The number of carbonyl (C=O) groups excluding carboxylic acids is 1. The molecule has 0 spiro atoms. The molecule has 0 aliphatic heterocycles. The van der Waals surface area contributed by atoms with Crippen LogP contribution in [0.4, 0.5) is 0 Å². The molecule has 0 atom stereocenters. The number of benzene rings is 1. The molecular formula is C15H16ClNO2S. The number of amides is 1. The molecule has 0 saturated carbocycles. The van der Waals surface area contributed by atoms with Gasteiger partial charge in [0.25, 0.3) is 5.91 Å². The molecule has 0 unspecified atom stereocenters. The van der Waals surface area contributed by atoms with Crippen molar-refractivity contribution in [3.05, 3.63) is 52.4 Å². The third kappa shape index (κ3) is 4.05. The molecule has 0 bridgehead atoms. The van der Waals surface area contributed by atoms with E-state index in [0.29, 0.717) is 6.54 Å². The van der Waals surface area contributed by atoms with Crippen LogP contribution in [0.2, 0.25) is 5.22 Å². The number of nitrogens with one attached hydrogen (secondary N) is 1. The summed E-state index contributed by atoms with van der Waals surface area (Å²) in [5.41, 5.74) is 2.57. The van der Waals surface area contributed by atoms with Gasteiger partial charge < -0.3 is 9.73 Å². The van der Waals surface area contributed by atoms with Crippen molar-refractivity contribution in [3.8, 4) is 0 Å². The van der Waals surface area contributed by atoms with E-state index in [9.17, 15) is 4.79 Å². The number of carbonyl (C=O) groups is 1. The molecule has 1 aromatic heterocycles. The largest absolute Gasteiger partial charge is 0.440 e. The summed E-state index contributed by atoms with van der Waals surface area (Å²) >= 11 is 7.34. The molecule has 0 saturated heterocycles. The molecule has 1 aromatic carbocycles. The summed E-state index contributed by atoms with van der Waals surface area (Å²) in [6.45, 7) is 4.77. The number of rotatable bonds is 5. The van der Waals surface area contributed by atoms with Crippen LogP contribution < -0.4 is 5.32 Å². The van der Waals surface area contributed by atoms with E-state index < -0.39 is 0 Å². The molecule has 1 heterocycles. The van der Waals surface area contributed by atoms with Crippen LogP contribution in [0.5, 0.6) is 0 Å². The van der Waals surface area contributed by atoms with Crippen molar-refractivity contribution < 1.29 is 9.21 Å². The molecule has 2 rings (SSSR count). The highest BCUT2D eigenvalue weighted by atomic mass is 35.5. The quantitative estimate of drug-likeness (QED) is 0.668. The van der Waals surface area contributed by atoms with E-state index in [2.05, 4.69) is 37.4 Å². The predicted octanol–water partition coefficient (Wildman–Crippen LogP) is 4.07. The van der Waals surface area contributed by atoms with E-state index in [1.165, 1.54) is 16.0 Å². The van der Waals surface area contributed by atoms with Gasteiger partial charge in [-0.1, -0.05) is 6.07 Å². The van der Waals surface area contributed by atoms with Crippen LogP contribution in [-0.2, 0) is 0 Å². The van der Waals surface area contributed by atoms with Crippen LogP contribution in [0.15, 0.2) is 39.6 Å². The number of hydrogen-bond donors (Lipinski definition) is 1. The van der Waals surface area contributed by atoms with Crippen molar-refractivity contribution in [1.82, 2.24) is 5.32 Å². The van der Waals surface area contributed by atoms with E-state index in [1.807, 2.05) is 0 Å². The summed E-state index contributed by atoms with van der Waals surface area (Å²) in [5.74, 6) is 0.812. The topological polar surface area (TPSA) is 42.2 Å². The zero-order chi connectivity index (χ0) is 14.5. The molecule has 0 aliphatic rings. The first-order valence-electron chi connectivity index (χ1n) is 6.30. The van der Waals surface area contributed by atoms with Crippen molar-refractivity contribution in [1.29, 1.82) is 0 Å². The minimum absolute atomic E-state index is 0.222. The highest BCUT2D eigenvalue weighted by Gasteiger charge is 2.09. The van der Waals surface area contributed by atoms with Crippen LogP contribution in [0.3, 0.4) is 0 Å². The number of furan rings is 1. The summed E-state index contributed by atoms with van der Waals surface area (Å²) in [5, 5.41) is 3.02. The molecule has 5 heteroatoms. The van der Waals surface area contributed by atoms with Crippen LogP contribution >= 0.6 is 23.4 Å². The van der Waals surface area contributed by atoms with Gasteiger partial charge in [0.05, 0.1) is 0 Å². The van der Waals surface area contributed by atoms with Gasteiger partial charge in [-0.05, 0) is 60.8 Å². The maximum absolute atomic E-state index is 11.7. The van der Waals surface area contributed by atoms with Gasteiger partial charge in [-0.15, -0.1) is 11.8 Å². The monoisotopic (exact) mass is 309 g/mol. The van der Waals surface area contributed by atoms with E-state index in [1.54, 1.807) is 23.9 Å². The summed E-state index contributed by atoms with van der Waals surface area (Å²) in [6.07, 6.45) is 0. The van der Waals surface area contributed by atoms with Gasteiger partial charge in [0.1, 0.15) is 0 Å². The lowest BCUT2D eigenvalue weighted by atomic mass is 10.1. The van der Waals surface area contributed by atoms with Crippen LogP contribution in [0.25, 0.3) is 0 Å². The highest BCUT2D eigenvalue weighted by Crippen LogP contribution is 2.20. The van der Waals surface area contributed by atoms with Gasteiger partial charge >= 0.3 is 0 Å².